The number of rotatable bonds is 7. The van der Waals surface area contributed by atoms with Gasteiger partial charge in [0.25, 0.3) is 0 Å². The minimum Gasteiger partial charge on any atom is -0.490 e. The molecule has 190 valence electrons. The van der Waals surface area contributed by atoms with Crippen molar-refractivity contribution in [3.05, 3.63) is 58.6 Å². The Hall–Kier alpha value is -2.28. The Morgan fingerprint density at radius 3 is 2.40 bits per heavy atom. The van der Waals surface area contributed by atoms with E-state index < -0.39 is 76.8 Å². The van der Waals surface area contributed by atoms with Gasteiger partial charge in [-0.1, -0.05) is 11.6 Å². The number of fused-ring (bicyclic) bond motifs is 3. The lowest BCUT2D eigenvalue weighted by Gasteiger charge is -2.50. The van der Waals surface area contributed by atoms with Crippen molar-refractivity contribution in [1.82, 2.24) is 0 Å². The minimum atomic E-state index is -4.41. The molecule has 1 fully saturated rings. The Kier molecular flexibility index (Phi) is 6.86. The van der Waals surface area contributed by atoms with Gasteiger partial charge in [0, 0.05) is 17.5 Å². The fourth-order valence-corrected chi connectivity index (χ4v) is 8.56. The van der Waals surface area contributed by atoms with E-state index >= 15 is 4.39 Å². The Bertz CT molecular complexity index is 1370. The summed E-state index contributed by atoms with van der Waals surface area (Å²) in [4.78, 5) is 10.9. The molecule has 4 rings (SSSR count). The number of halogens is 3. The Balaban J connectivity index is 1.86. The highest BCUT2D eigenvalue weighted by atomic mass is 35.5. The summed E-state index contributed by atoms with van der Waals surface area (Å²) in [5.41, 5.74) is 4.55. The summed E-state index contributed by atoms with van der Waals surface area (Å²) < 4.78 is 92.0. The van der Waals surface area contributed by atoms with Crippen LogP contribution < -0.4 is 10.5 Å². The first-order valence-electron chi connectivity index (χ1n) is 10.6. The standard InChI is InChI=1S/C22H22ClF2NO7S2/c23-13-1-3-14(4-2-13)35(30,31)22-8-9-32-18(7-10-34(28,29)12-19(26)27)15(22)11-33-21-17(25)6-5-16(24)20(21)22/h1-6,15,18H,7-12H2,(H2,26,27)/t15-,18-,22?/m0/s1. The van der Waals surface area contributed by atoms with E-state index in [9.17, 15) is 26.0 Å². The van der Waals surface area contributed by atoms with E-state index in [1.54, 1.807) is 0 Å². The molecule has 2 N–H and O–H groups in total. The fourth-order valence-electron chi connectivity index (χ4n) is 4.92. The predicted molar refractivity (Wildman–Crippen MR) is 122 cm³/mol. The van der Waals surface area contributed by atoms with Crippen molar-refractivity contribution in [2.75, 3.05) is 24.7 Å². The van der Waals surface area contributed by atoms with Crippen LogP contribution in [0, 0.1) is 17.6 Å². The average Bonchev–Trinajstić information content (AvgIpc) is 2.79. The molecule has 0 radical (unpaired) electrons. The van der Waals surface area contributed by atoms with Gasteiger partial charge >= 0.3 is 0 Å². The van der Waals surface area contributed by atoms with Crippen LogP contribution in [0.2, 0.25) is 5.02 Å². The summed E-state index contributed by atoms with van der Waals surface area (Å²) in [6.07, 6.45) is -1.43. The summed E-state index contributed by atoms with van der Waals surface area (Å²) in [5.74, 6) is -5.89. The number of nitrogens with two attached hydrogens (primary N) is 1. The molecule has 3 atom stereocenters. The molecule has 0 aromatic heterocycles. The summed E-state index contributed by atoms with van der Waals surface area (Å²) in [6, 6.07) is 6.98. The van der Waals surface area contributed by atoms with Crippen LogP contribution in [0.25, 0.3) is 0 Å². The van der Waals surface area contributed by atoms with Crippen LogP contribution in [-0.2, 0) is 34.0 Å². The Morgan fingerprint density at radius 1 is 1.09 bits per heavy atom. The highest BCUT2D eigenvalue weighted by Crippen LogP contribution is 2.55. The molecule has 2 aliphatic heterocycles. The zero-order valence-corrected chi connectivity index (χ0v) is 20.6. The number of sulfone groups is 2. The SMILES string of the molecule is NC(=O)CS(=O)(=O)CC[C@@H]1OCCC2(S(=O)(=O)c3ccc(Cl)cc3)c3c(F)ccc(F)c3OC[C@@H]12. The van der Waals surface area contributed by atoms with Crippen molar-refractivity contribution in [3.63, 3.8) is 0 Å². The third-order valence-corrected chi connectivity index (χ3v) is 10.8. The molecule has 8 nitrogen and oxygen atoms in total. The zero-order valence-electron chi connectivity index (χ0n) is 18.2. The fraction of sp³-hybridized carbons (Fsp3) is 0.409. The first-order valence-corrected chi connectivity index (χ1v) is 14.3. The van der Waals surface area contributed by atoms with Crippen LogP contribution in [0.15, 0.2) is 41.3 Å². The van der Waals surface area contributed by atoms with E-state index in [0.29, 0.717) is 0 Å². The van der Waals surface area contributed by atoms with E-state index in [-0.39, 0.29) is 36.0 Å². The summed E-state index contributed by atoms with van der Waals surface area (Å²) >= 11 is 5.92. The number of amides is 1. The molecule has 0 saturated carbocycles. The zero-order chi connectivity index (χ0) is 25.6. The highest BCUT2D eigenvalue weighted by molar-refractivity contribution is 7.92. The molecule has 2 aliphatic rings. The average molecular weight is 550 g/mol. The normalized spacial score (nSPS) is 24.2. The Morgan fingerprint density at radius 2 is 1.74 bits per heavy atom. The topological polar surface area (TPSA) is 130 Å². The van der Waals surface area contributed by atoms with Gasteiger partial charge < -0.3 is 15.2 Å². The quantitative estimate of drug-likeness (QED) is 0.561. The maximum absolute atomic E-state index is 15.3. The van der Waals surface area contributed by atoms with Crippen LogP contribution in [0.5, 0.6) is 5.75 Å². The van der Waals surface area contributed by atoms with E-state index in [1.807, 2.05) is 0 Å². The second-order valence-corrected chi connectivity index (χ2v) is 13.3. The third kappa shape index (κ3) is 4.52. The molecule has 0 bridgehead atoms. The van der Waals surface area contributed by atoms with E-state index in [4.69, 9.17) is 26.8 Å². The molecule has 13 heteroatoms. The number of hydrogen-bond donors (Lipinski definition) is 1. The summed E-state index contributed by atoms with van der Waals surface area (Å²) in [7, 11) is -8.31. The first kappa shape index (κ1) is 25.8. The molecule has 1 unspecified atom stereocenters. The number of carbonyl (C=O) groups is 1. The lowest BCUT2D eigenvalue weighted by Crippen LogP contribution is -2.57. The van der Waals surface area contributed by atoms with Gasteiger partial charge in [-0.25, -0.2) is 25.6 Å². The van der Waals surface area contributed by atoms with E-state index in [1.165, 1.54) is 24.3 Å². The third-order valence-electron chi connectivity index (χ3n) is 6.42. The molecule has 35 heavy (non-hydrogen) atoms. The number of carbonyl (C=O) groups excluding carboxylic acids is 1. The predicted octanol–water partition coefficient (Wildman–Crippen LogP) is 2.38. The first-order chi connectivity index (χ1) is 16.4. The van der Waals surface area contributed by atoms with E-state index in [2.05, 4.69) is 0 Å². The maximum Gasteiger partial charge on any atom is 0.232 e. The minimum absolute atomic E-state index is 0.162. The van der Waals surface area contributed by atoms with Gasteiger partial charge in [0.2, 0.25) is 5.91 Å². The molecular weight excluding hydrogens is 528 g/mol. The number of ether oxygens (including phenoxy) is 2. The van der Waals surface area contributed by atoms with Crippen LogP contribution >= 0.6 is 11.6 Å². The molecule has 2 heterocycles. The lowest BCUT2D eigenvalue weighted by molar-refractivity contribution is -0.115. The smallest absolute Gasteiger partial charge is 0.232 e. The van der Waals surface area contributed by atoms with Gasteiger partial charge in [0.05, 0.1) is 28.9 Å². The van der Waals surface area contributed by atoms with Crippen LogP contribution in [-0.4, -0.2) is 53.6 Å². The van der Waals surface area contributed by atoms with Gasteiger partial charge in [-0.2, -0.15) is 0 Å². The summed E-state index contributed by atoms with van der Waals surface area (Å²) in [6.45, 7) is -0.528. The lowest BCUT2D eigenvalue weighted by atomic mass is 9.75. The van der Waals surface area contributed by atoms with Crippen molar-refractivity contribution in [2.45, 2.75) is 28.6 Å². The highest BCUT2D eigenvalue weighted by Gasteiger charge is 2.61. The molecule has 1 saturated heterocycles. The summed E-state index contributed by atoms with van der Waals surface area (Å²) in [5, 5.41) is 0.284. The van der Waals surface area contributed by atoms with Gasteiger partial charge in [0.1, 0.15) is 16.3 Å². The number of hydrogen-bond acceptors (Lipinski definition) is 7. The van der Waals surface area contributed by atoms with Crippen molar-refractivity contribution in [1.29, 1.82) is 0 Å². The molecule has 0 spiro atoms. The van der Waals surface area contributed by atoms with Crippen LogP contribution in [0.1, 0.15) is 18.4 Å². The van der Waals surface area contributed by atoms with Crippen LogP contribution in [0.4, 0.5) is 8.78 Å². The monoisotopic (exact) mass is 549 g/mol. The van der Waals surface area contributed by atoms with Crippen molar-refractivity contribution in [2.24, 2.45) is 11.7 Å². The molecule has 2 aromatic rings. The van der Waals surface area contributed by atoms with Crippen molar-refractivity contribution >= 4 is 37.2 Å². The largest absolute Gasteiger partial charge is 0.490 e. The second-order valence-electron chi connectivity index (χ2n) is 8.50. The van der Waals surface area contributed by atoms with Gasteiger partial charge in [-0.3, -0.25) is 4.79 Å². The number of primary amides is 1. The second kappa shape index (κ2) is 9.30. The van der Waals surface area contributed by atoms with Gasteiger partial charge in [-0.15, -0.1) is 0 Å². The van der Waals surface area contributed by atoms with Gasteiger partial charge in [0.15, 0.2) is 31.2 Å². The van der Waals surface area contributed by atoms with E-state index in [0.717, 1.165) is 12.1 Å². The molecular formula is C22H22ClF2NO7S2. The van der Waals surface area contributed by atoms with Crippen molar-refractivity contribution in [3.8, 4) is 5.75 Å². The van der Waals surface area contributed by atoms with Crippen LogP contribution in [0.3, 0.4) is 0 Å². The molecule has 0 aliphatic carbocycles. The maximum atomic E-state index is 15.3. The van der Waals surface area contributed by atoms with Gasteiger partial charge in [-0.05, 0) is 49.2 Å². The Labute approximate surface area is 206 Å². The molecule has 2 aromatic carbocycles. The number of benzene rings is 2. The van der Waals surface area contributed by atoms with Crippen molar-refractivity contribution < 1.29 is 39.9 Å². The molecule has 1 amide bonds.